The number of carbonyl (C=O) groups is 2. The first-order valence-corrected chi connectivity index (χ1v) is 11.4. The Bertz CT molecular complexity index is 712. The summed E-state index contributed by atoms with van der Waals surface area (Å²) < 4.78 is 5.76. The van der Waals surface area contributed by atoms with Crippen LogP contribution in [0.5, 0.6) is 5.75 Å². The number of nitrogens with zero attached hydrogens (tertiary/aromatic N) is 2. The molecule has 4 rings (SSSR count). The van der Waals surface area contributed by atoms with Crippen molar-refractivity contribution in [1.82, 2.24) is 9.80 Å². The van der Waals surface area contributed by atoms with Crippen LogP contribution in [-0.4, -0.2) is 52.4 Å². The van der Waals surface area contributed by atoms with Crippen LogP contribution in [0.2, 0.25) is 0 Å². The first-order valence-electron chi connectivity index (χ1n) is 11.4. The molecule has 2 unspecified atom stereocenters. The van der Waals surface area contributed by atoms with Crippen molar-refractivity contribution in [3.8, 4) is 5.75 Å². The standard InChI is InChI=1S/C24H34N2O3/c1-17-6-5-7-18(2)25(17)23(27)16-29-22-14-10-19(11-15-22)24(28)26(21-12-13-21)20-8-3-4-9-20/h10-11,14-15,17-18,20-21H,3-9,12-13,16H2,1-2H3. The van der Waals surface area contributed by atoms with Crippen LogP contribution in [0.4, 0.5) is 0 Å². The van der Waals surface area contributed by atoms with Crippen molar-refractivity contribution in [2.45, 2.75) is 95.8 Å². The maximum Gasteiger partial charge on any atom is 0.260 e. The first kappa shape index (κ1) is 20.2. The summed E-state index contributed by atoms with van der Waals surface area (Å²) in [6.45, 7) is 4.28. The molecular weight excluding hydrogens is 364 g/mol. The van der Waals surface area contributed by atoms with Gasteiger partial charge in [0.05, 0.1) is 0 Å². The highest BCUT2D eigenvalue weighted by atomic mass is 16.5. The predicted octanol–water partition coefficient (Wildman–Crippen LogP) is 4.40. The van der Waals surface area contributed by atoms with Gasteiger partial charge in [-0.25, -0.2) is 0 Å². The predicted molar refractivity (Wildman–Crippen MR) is 113 cm³/mol. The fourth-order valence-corrected chi connectivity index (χ4v) is 5.14. The molecule has 2 atom stereocenters. The summed E-state index contributed by atoms with van der Waals surface area (Å²) in [5, 5.41) is 0. The Morgan fingerprint density at radius 3 is 2.07 bits per heavy atom. The average Bonchev–Trinajstić information content (AvgIpc) is 3.40. The van der Waals surface area contributed by atoms with Gasteiger partial charge in [-0.1, -0.05) is 12.8 Å². The second kappa shape index (κ2) is 8.76. The van der Waals surface area contributed by atoms with Crippen LogP contribution in [0.1, 0.15) is 82.0 Å². The van der Waals surface area contributed by atoms with Crippen molar-refractivity contribution in [2.24, 2.45) is 0 Å². The second-order valence-corrected chi connectivity index (χ2v) is 9.12. The Balaban J connectivity index is 1.35. The van der Waals surface area contributed by atoms with Gasteiger partial charge in [-0.3, -0.25) is 9.59 Å². The van der Waals surface area contributed by atoms with Crippen LogP contribution >= 0.6 is 0 Å². The normalized spacial score (nSPS) is 25.1. The van der Waals surface area contributed by atoms with E-state index in [0.717, 1.165) is 44.1 Å². The molecule has 158 valence electrons. The van der Waals surface area contributed by atoms with E-state index in [2.05, 4.69) is 18.7 Å². The summed E-state index contributed by atoms with van der Waals surface area (Å²) in [4.78, 5) is 29.8. The Labute approximate surface area is 174 Å². The number of benzene rings is 1. The van der Waals surface area contributed by atoms with E-state index in [4.69, 9.17) is 4.74 Å². The number of hydrogen-bond donors (Lipinski definition) is 0. The lowest BCUT2D eigenvalue weighted by Crippen LogP contribution is -2.49. The Hall–Kier alpha value is -2.04. The molecule has 0 radical (unpaired) electrons. The zero-order valence-electron chi connectivity index (χ0n) is 17.8. The summed E-state index contributed by atoms with van der Waals surface area (Å²) in [6.07, 6.45) is 10.3. The summed E-state index contributed by atoms with van der Waals surface area (Å²) in [6, 6.07) is 8.74. The number of amides is 2. The number of rotatable bonds is 6. The summed E-state index contributed by atoms with van der Waals surface area (Å²) >= 11 is 0. The number of piperidine rings is 1. The van der Waals surface area contributed by atoms with Crippen LogP contribution in [-0.2, 0) is 4.79 Å². The molecule has 0 aromatic heterocycles. The lowest BCUT2D eigenvalue weighted by atomic mass is 9.97. The SMILES string of the molecule is CC1CCCC(C)N1C(=O)COc1ccc(C(=O)N(C2CCCC2)C2CC2)cc1. The molecule has 1 heterocycles. The van der Waals surface area contributed by atoms with Gasteiger partial charge in [0.1, 0.15) is 5.75 Å². The van der Waals surface area contributed by atoms with Crippen LogP contribution in [0, 0.1) is 0 Å². The Morgan fingerprint density at radius 2 is 1.48 bits per heavy atom. The molecule has 0 bridgehead atoms. The number of ether oxygens (including phenoxy) is 1. The van der Waals surface area contributed by atoms with Crippen LogP contribution < -0.4 is 4.74 Å². The van der Waals surface area contributed by atoms with Crippen molar-refractivity contribution in [1.29, 1.82) is 0 Å². The van der Waals surface area contributed by atoms with Crippen molar-refractivity contribution in [3.05, 3.63) is 29.8 Å². The summed E-state index contributed by atoms with van der Waals surface area (Å²) in [5.41, 5.74) is 0.723. The molecule has 1 saturated heterocycles. The molecule has 29 heavy (non-hydrogen) atoms. The maximum absolute atomic E-state index is 13.1. The molecule has 2 amide bonds. The van der Waals surface area contributed by atoms with Gasteiger partial charge in [0.2, 0.25) is 0 Å². The van der Waals surface area contributed by atoms with Crippen molar-refractivity contribution in [3.63, 3.8) is 0 Å². The molecule has 3 aliphatic rings. The van der Waals surface area contributed by atoms with Gasteiger partial charge in [-0.15, -0.1) is 0 Å². The topological polar surface area (TPSA) is 49.9 Å². The third-order valence-electron chi connectivity index (χ3n) is 6.84. The van der Waals surface area contributed by atoms with Gasteiger partial charge in [-0.05, 0) is 83.1 Å². The molecule has 1 aliphatic heterocycles. The fourth-order valence-electron chi connectivity index (χ4n) is 5.14. The molecule has 2 aliphatic carbocycles. The van der Waals surface area contributed by atoms with E-state index in [1.165, 1.54) is 19.3 Å². The van der Waals surface area contributed by atoms with Gasteiger partial charge >= 0.3 is 0 Å². The molecule has 0 N–H and O–H groups in total. The average molecular weight is 399 g/mol. The molecule has 2 saturated carbocycles. The van der Waals surface area contributed by atoms with Crippen LogP contribution in [0.3, 0.4) is 0 Å². The summed E-state index contributed by atoms with van der Waals surface area (Å²) in [5.74, 6) is 0.843. The zero-order valence-corrected chi connectivity index (χ0v) is 17.8. The van der Waals surface area contributed by atoms with Gasteiger partial charge in [0.25, 0.3) is 11.8 Å². The minimum atomic E-state index is 0.0472. The molecular formula is C24H34N2O3. The molecule has 1 aromatic carbocycles. The first-order chi connectivity index (χ1) is 14.0. The zero-order chi connectivity index (χ0) is 20.4. The van der Waals surface area contributed by atoms with Crippen molar-refractivity contribution < 1.29 is 14.3 Å². The largest absolute Gasteiger partial charge is 0.484 e. The smallest absolute Gasteiger partial charge is 0.260 e. The molecule has 3 fully saturated rings. The minimum Gasteiger partial charge on any atom is -0.484 e. The van der Waals surface area contributed by atoms with E-state index in [0.29, 0.717) is 17.8 Å². The molecule has 0 spiro atoms. The quantitative estimate of drug-likeness (QED) is 0.713. The lowest BCUT2D eigenvalue weighted by molar-refractivity contribution is -0.139. The highest BCUT2D eigenvalue weighted by Crippen LogP contribution is 2.35. The van der Waals surface area contributed by atoms with Crippen molar-refractivity contribution >= 4 is 11.8 Å². The van der Waals surface area contributed by atoms with Gasteiger partial charge in [0.15, 0.2) is 6.61 Å². The van der Waals surface area contributed by atoms with Crippen LogP contribution in [0.15, 0.2) is 24.3 Å². The second-order valence-electron chi connectivity index (χ2n) is 9.12. The monoisotopic (exact) mass is 398 g/mol. The third kappa shape index (κ3) is 4.59. The fraction of sp³-hybridized carbons (Fsp3) is 0.667. The van der Waals surface area contributed by atoms with E-state index >= 15 is 0 Å². The van der Waals surface area contributed by atoms with E-state index in [9.17, 15) is 9.59 Å². The van der Waals surface area contributed by atoms with Gasteiger partial charge in [0, 0.05) is 29.7 Å². The van der Waals surface area contributed by atoms with Crippen LogP contribution in [0.25, 0.3) is 0 Å². The van der Waals surface area contributed by atoms with Crippen molar-refractivity contribution in [2.75, 3.05) is 6.61 Å². The van der Waals surface area contributed by atoms with Gasteiger partial charge < -0.3 is 14.5 Å². The van der Waals surface area contributed by atoms with E-state index in [1.807, 2.05) is 29.2 Å². The van der Waals surface area contributed by atoms with Gasteiger partial charge in [-0.2, -0.15) is 0 Å². The summed E-state index contributed by atoms with van der Waals surface area (Å²) in [7, 11) is 0. The molecule has 5 heteroatoms. The number of carbonyl (C=O) groups excluding carboxylic acids is 2. The Morgan fingerprint density at radius 1 is 0.897 bits per heavy atom. The highest BCUT2D eigenvalue weighted by Gasteiger charge is 2.38. The molecule has 1 aromatic rings. The van der Waals surface area contributed by atoms with E-state index in [-0.39, 0.29) is 30.5 Å². The maximum atomic E-state index is 13.1. The number of likely N-dealkylation sites (tertiary alicyclic amines) is 1. The minimum absolute atomic E-state index is 0.0472. The molecule has 5 nitrogen and oxygen atoms in total. The Kier molecular flexibility index (Phi) is 6.12. The third-order valence-corrected chi connectivity index (χ3v) is 6.84. The number of hydrogen-bond acceptors (Lipinski definition) is 3. The lowest BCUT2D eigenvalue weighted by Gasteiger charge is -2.38. The highest BCUT2D eigenvalue weighted by molar-refractivity contribution is 5.95. The van der Waals surface area contributed by atoms with E-state index in [1.54, 1.807) is 0 Å². The van der Waals surface area contributed by atoms with E-state index < -0.39 is 0 Å².